The van der Waals surface area contributed by atoms with Crippen LogP contribution in [0.2, 0.25) is 0 Å². The molecule has 6 aromatic carbocycles. The summed E-state index contributed by atoms with van der Waals surface area (Å²) in [4.78, 5) is 26.8. The number of unbranched alkanes of at least 4 members (excludes halogenated alkanes) is 6. The molecule has 0 amide bonds. The lowest BCUT2D eigenvalue weighted by atomic mass is 9.12. The van der Waals surface area contributed by atoms with Crippen LogP contribution < -0.4 is 26.4 Å². The predicted octanol–water partition coefficient (Wildman–Crippen LogP) is 18.0. The molecular formula is C64H52BF24NO4. The highest BCUT2D eigenvalue weighted by molar-refractivity contribution is 7.20. The van der Waals surface area contributed by atoms with E-state index in [1.807, 2.05) is 71.6 Å². The number of allylic oxidation sites excluding steroid dienone is 1. The van der Waals surface area contributed by atoms with Crippen LogP contribution in [0.3, 0.4) is 0 Å². The molecule has 7 aromatic rings. The van der Waals surface area contributed by atoms with E-state index in [-0.39, 0.29) is 18.8 Å². The summed E-state index contributed by atoms with van der Waals surface area (Å²) in [5, 5.41) is 2.21. The number of nitrogens with zero attached hydrogens (tertiary/aromatic N) is 1. The van der Waals surface area contributed by atoms with Crippen molar-refractivity contribution in [3.8, 4) is 0 Å². The van der Waals surface area contributed by atoms with Crippen LogP contribution in [0.1, 0.15) is 115 Å². The number of benzene rings is 6. The van der Waals surface area contributed by atoms with Gasteiger partial charge in [0.15, 0.2) is 24.5 Å². The summed E-state index contributed by atoms with van der Waals surface area (Å²) < 4.78 is 354. The van der Waals surface area contributed by atoms with Gasteiger partial charge < -0.3 is 9.47 Å². The van der Waals surface area contributed by atoms with Gasteiger partial charge in [0.2, 0.25) is 0 Å². The molecule has 0 aliphatic rings. The van der Waals surface area contributed by atoms with Crippen LogP contribution in [0.15, 0.2) is 151 Å². The van der Waals surface area contributed by atoms with Crippen LogP contribution in [-0.2, 0) is 75.0 Å². The van der Waals surface area contributed by atoms with Gasteiger partial charge in [-0.3, -0.25) is 0 Å². The largest absolute Gasteiger partial charge is 0.462 e. The second-order valence-electron chi connectivity index (χ2n) is 21.6. The first-order valence-electron chi connectivity index (χ1n) is 28.3. The van der Waals surface area contributed by atoms with Gasteiger partial charge in [0.1, 0.15) is 6.15 Å². The predicted molar refractivity (Wildman–Crippen MR) is 298 cm³/mol. The summed E-state index contributed by atoms with van der Waals surface area (Å²) in [6.07, 6.45) is -42.9. The molecule has 0 fully saturated rings. The third-order valence-electron chi connectivity index (χ3n) is 14.8. The Labute approximate surface area is 519 Å². The first kappa shape index (κ1) is 74.8. The second kappa shape index (κ2) is 29.2. The highest BCUT2D eigenvalue weighted by Gasteiger charge is 2.47. The molecule has 7 rings (SSSR count). The second-order valence-corrected chi connectivity index (χ2v) is 21.6. The van der Waals surface area contributed by atoms with Gasteiger partial charge in [0, 0.05) is 17.0 Å². The third kappa shape index (κ3) is 19.0. The molecule has 0 aliphatic carbocycles. The Morgan fingerprint density at radius 1 is 0.362 bits per heavy atom. The van der Waals surface area contributed by atoms with Crippen molar-refractivity contribution >= 4 is 56.3 Å². The Morgan fingerprint density at radius 3 is 0.936 bits per heavy atom. The van der Waals surface area contributed by atoms with Gasteiger partial charge >= 0.3 is 61.3 Å². The van der Waals surface area contributed by atoms with Gasteiger partial charge in [-0.25, -0.2) is 14.2 Å². The molecule has 30 heteroatoms. The highest BCUT2D eigenvalue weighted by Crippen LogP contribution is 2.42. The van der Waals surface area contributed by atoms with E-state index in [1.54, 1.807) is 0 Å². The SMILES string of the molecule is CCCCCCOC(=O)C(C(=O)OCCCCCC)=C(C[n+]1ccc2ccccc2c1)c1ccccc1.FC(F)(F)c1cc([B-](c2cc(C(F)(F)F)cc(C(F)(F)F)c2)(c2cc(C(F)(F)F)cc(C(F)(F)F)c2)c2cc(C(F)(F)F)cc(C(F)(F)F)c2)cc(C(F)(F)F)c1. The number of fused-ring (bicyclic) bond motifs is 1. The topological polar surface area (TPSA) is 56.5 Å². The molecular weight excluding hydrogens is 1310 g/mol. The number of pyridine rings is 1. The number of hydrogen-bond acceptors (Lipinski definition) is 4. The van der Waals surface area contributed by atoms with E-state index in [0.717, 1.165) is 67.7 Å². The molecule has 0 N–H and O–H groups in total. The minimum Gasteiger partial charge on any atom is -0.462 e. The summed E-state index contributed by atoms with van der Waals surface area (Å²) >= 11 is 0. The first-order valence-corrected chi connectivity index (χ1v) is 28.3. The van der Waals surface area contributed by atoms with Crippen molar-refractivity contribution in [1.29, 1.82) is 0 Å². The first-order chi connectivity index (χ1) is 43.4. The van der Waals surface area contributed by atoms with E-state index in [9.17, 15) is 115 Å². The maximum Gasteiger partial charge on any atom is 0.416 e. The summed E-state index contributed by atoms with van der Waals surface area (Å²) in [6, 6.07) is 10.9. The summed E-state index contributed by atoms with van der Waals surface area (Å²) in [5.74, 6) is -1.23. The molecule has 94 heavy (non-hydrogen) atoms. The number of carbonyl (C=O) groups is 2. The lowest BCUT2D eigenvalue weighted by molar-refractivity contribution is -0.683. The number of halogens is 24. The normalized spacial score (nSPS) is 12.9. The van der Waals surface area contributed by atoms with Gasteiger partial charge in [-0.05, 0) is 54.1 Å². The van der Waals surface area contributed by atoms with Crippen LogP contribution in [-0.4, -0.2) is 31.3 Å². The zero-order valence-electron chi connectivity index (χ0n) is 48.9. The Hall–Kier alpha value is -8.21. The van der Waals surface area contributed by atoms with Crippen LogP contribution >= 0.6 is 0 Å². The molecule has 5 nitrogen and oxygen atoms in total. The monoisotopic (exact) mass is 1370 g/mol. The molecule has 0 saturated carbocycles. The van der Waals surface area contributed by atoms with Crippen LogP contribution in [0, 0.1) is 0 Å². The summed E-state index contributed by atoms with van der Waals surface area (Å²) in [6.45, 7) is 5.19. The van der Waals surface area contributed by atoms with E-state index in [4.69, 9.17) is 9.47 Å². The molecule has 0 radical (unpaired) electrons. The van der Waals surface area contributed by atoms with Crippen molar-refractivity contribution < 1.29 is 129 Å². The van der Waals surface area contributed by atoms with Crippen molar-refractivity contribution in [2.24, 2.45) is 0 Å². The van der Waals surface area contributed by atoms with Crippen molar-refractivity contribution in [2.75, 3.05) is 13.2 Å². The molecule has 0 unspecified atom stereocenters. The Bertz CT molecular complexity index is 3340. The van der Waals surface area contributed by atoms with Crippen molar-refractivity contribution in [3.05, 3.63) is 201 Å². The van der Waals surface area contributed by atoms with E-state index >= 15 is 0 Å². The van der Waals surface area contributed by atoms with E-state index in [2.05, 4.69) is 19.9 Å². The minimum atomic E-state index is -6.13. The van der Waals surface area contributed by atoms with E-state index in [0.29, 0.717) is 12.1 Å². The van der Waals surface area contributed by atoms with Gasteiger partial charge in [0.25, 0.3) is 0 Å². The zero-order chi connectivity index (χ0) is 70.2. The Balaban J connectivity index is 0.000000326. The molecule has 0 bridgehead atoms. The molecule has 0 spiro atoms. The van der Waals surface area contributed by atoms with Gasteiger partial charge in [0.05, 0.1) is 57.7 Å². The van der Waals surface area contributed by atoms with Gasteiger partial charge in [-0.1, -0.05) is 149 Å². The van der Waals surface area contributed by atoms with Crippen LogP contribution in [0.25, 0.3) is 16.3 Å². The zero-order valence-corrected chi connectivity index (χ0v) is 48.9. The summed E-state index contributed by atoms with van der Waals surface area (Å²) in [5.41, 5.74) is -28.8. The fourth-order valence-electron chi connectivity index (χ4n) is 10.3. The quantitative estimate of drug-likeness (QED) is 0.0118. The van der Waals surface area contributed by atoms with Gasteiger partial charge in [-0.15, -0.1) is 0 Å². The minimum absolute atomic E-state index is 0.0159. The molecule has 1 aromatic heterocycles. The standard InChI is InChI=1S/C32H12BF24.C32H40NO4/c34-25(35,36)13-1-14(26(37,38)39)6-21(5-13)33(22-7-15(27(40,41)42)2-16(8-22)28(43,44)45,23-9-17(29(46,47)48)3-18(10-23)30(49,50)51)24-11-19(31(52,53)54)4-20(12-24)32(55,56)57;1-3-5-7-14-22-36-31(34)30(32(35)37-23-15-8-6-4-2)29(27-17-10-9-11-18-27)25-33-21-20-26-16-12-13-19-28(26)24-33/h1-12H;9-13,16-21,24H,3-8,14-15,22-23,25H2,1-2H3/q-1;+1. The third-order valence-corrected chi connectivity index (χ3v) is 14.8. The molecule has 508 valence electrons. The number of rotatable bonds is 19. The van der Waals surface area contributed by atoms with Crippen LogP contribution in [0.5, 0.6) is 0 Å². The fourth-order valence-corrected chi connectivity index (χ4v) is 10.3. The summed E-state index contributed by atoms with van der Waals surface area (Å²) in [7, 11) is 0. The Kier molecular flexibility index (Phi) is 23.2. The highest BCUT2D eigenvalue weighted by atomic mass is 19.4. The van der Waals surface area contributed by atoms with Crippen molar-refractivity contribution in [1.82, 2.24) is 0 Å². The number of ether oxygens (including phenoxy) is 2. The molecule has 1 heterocycles. The molecule has 0 aliphatic heterocycles. The number of esters is 2. The fraction of sp³-hybridized carbons (Fsp3) is 0.328. The molecule has 0 atom stereocenters. The lowest BCUT2D eigenvalue weighted by Crippen LogP contribution is -2.75. The number of hydrogen-bond donors (Lipinski definition) is 0. The van der Waals surface area contributed by atoms with Crippen LogP contribution in [0.4, 0.5) is 105 Å². The molecule has 0 saturated heterocycles. The lowest BCUT2D eigenvalue weighted by Gasteiger charge is -2.46. The number of carbonyl (C=O) groups excluding carboxylic acids is 2. The average molecular weight is 1370 g/mol. The van der Waals surface area contributed by atoms with Crippen molar-refractivity contribution in [2.45, 2.75) is 121 Å². The van der Waals surface area contributed by atoms with E-state index in [1.165, 1.54) is 0 Å². The van der Waals surface area contributed by atoms with Gasteiger partial charge in [-0.2, -0.15) is 127 Å². The maximum absolute atomic E-state index is 14.2. The smallest absolute Gasteiger partial charge is 0.416 e. The Morgan fingerprint density at radius 2 is 0.649 bits per heavy atom. The van der Waals surface area contributed by atoms with E-state index < -0.39 is 207 Å². The number of aromatic nitrogens is 1. The number of alkyl halides is 24. The van der Waals surface area contributed by atoms with Crippen molar-refractivity contribution in [3.63, 3.8) is 0 Å². The maximum atomic E-state index is 14.2. The average Bonchev–Trinajstić information content (AvgIpc) is 0.708.